The van der Waals surface area contributed by atoms with Crippen LogP contribution in [0.15, 0.2) is 66.4 Å². The number of hydrogen-bond donors (Lipinski definition) is 1. The summed E-state index contributed by atoms with van der Waals surface area (Å²) in [6, 6.07) is 8.11. The summed E-state index contributed by atoms with van der Waals surface area (Å²) in [6.45, 7) is 10.4. The Morgan fingerprint density at radius 1 is 1.27 bits per heavy atom. The molecule has 0 amide bonds. The maximum absolute atomic E-state index is 13.2. The van der Waals surface area contributed by atoms with Crippen molar-refractivity contribution in [2.24, 2.45) is 0 Å². The fraction of sp³-hybridized carbons (Fsp3) is 0.300. The molecular weight excluding hydrogens is 273 g/mol. The van der Waals surface area contributed by atoms with Crippen LogP contribution in [-0.4, -0.2) is 13.2 Å². The zero-order valence-corrected chi connectivity index (χ0v) is 13.6. The van der Waals surface area contributed by atoms with Crippen LogP contribution >= 0.6 is 0 Å². The molecule has 0 aliphatic carbocycles. The first-order valence-corrected chi connectivity index (χ1v) is 7.58. The van der Waals surface area contributed by atoms with Crippen molar-refractivity contribution in [2.45, 2.75) is 26.2 Å². The van der Waals surface area contributed by atoms with E-state index in [0.29, 0.717) is 0 Å². The van der Waals surface area contributed by atoms with Crippen molar-refractivity contribution in [1.29, 1.82) is 0 Å². The van der Waals surface area contributed by atoms with Gasteiger partial charge in [-0.2, -0.15) is 0 Å². The summed E-state index contributed by atoms with van der Waals surface area (Å²) >= 11 is 0. The van der Waals surface area contributed by atoms with Gasteiger partial charge in [0.2, 0.25) is 0 Å². The van der Waals surface area contributed by atoms with Crippen molar-refractivity contribution in [1.82, 2.24) is 5.32 Å². The Hall–Kier alpha value is -2.09. The van der Waals surface area contributed by atoms with Crippen molar-refractivity contribution in [2.75, 3.05) is 13.2 Å². The maximum atomic E-state index is 13.2. The summed E-state index contributed by atoms with van der Waals surface area (Å²) in [5, 5.41) is 3.30. The van der Waals surface area contributed by atoms with Gasteiger partial charge in [0, 0.05) is 17.7 Å². The summed E-state index contributed by atoms with van der Waals surface area (Å²) in [7, 11) is 0. The molecule has 22 heavy (non-hydrogen) atoms. The third kappa shape index (κ3) is 3.97. The molecule has 0 saturated heterocycles. The monoisotopic (exact) mass is 297 g/mol. The van der Waals surface area contributed by atoms with Crippen LogP contribution in [0.1, 0.15) is 31.9 Å². The summed E-state index contributed by atoms with van der Waals surface area (Å²) in [5.74, 6) is 0. The van der Waals surface area contributed by atoms with E-state index < -0.39 is 5.41 Å². The maximum Gasteiger partial charge on any atom is 0.0985 e. The van der Waals surface area contributed by atoms with E-state index in [4.69, 9.17) is 0 Å². The molecular formula is C20H24FN. The normalized spacial score (nSPS) is 22.3. The van der Waals surface area contributed by atoms with Crippen LogP contribution in [0.2, 0.25) is 0 Å². The molecule has 0 saturated carbocycles. The van der Waals surface area contributed by atoms with E-state index in [0.717, 1.165) is 34.5 Å². The molecule has 0 bridgehead atoms. The molecule has 1 aliphatic rings. The number of allylic oxidation sites excluding steroid dienone is 6. The molecule has 1 nitrogen and oxygen atoms in total. The van der Waals surface area contributed by atoms with Gasteiger partial charge in [-0.15, -0.1) is 0 Å². The highest BCUT2D eigenvalue weighted by Gasteiger charge is 2.20. The van der Waals surface area contributed by atoms with E-state index in [1.807, 2.05) is 39.0 Å². The topological polar surface area (TPSA) is 12.0 Å². The zero-order chi connectivity index (χ0) is 16.2. The van der Waals surface area contributed by atoms with Gasteiger partial charge < -0.3 is 5.32 Å². The first-order chi connectivity index (χ1) is 10.4. The predicted octanol–water partition coefficient (Wildman–Crippen LogP) is 4.94. The predicted molar refractivity (Wildman–Crippen MR) is 93.5 cm³/mol. The Bertz CT molecular complexity index is 647. The van der Waals surface area contributed by atoms with Crippen molar-refractivity contribution < 1.29 is 4.39 Å². The average molecular weight is 297 g/mol. The van der Waals surface area contributed by atoms with Crippen LogP contribution < -0.4 is 5.32 Å². The van der Waals surface area contributed by atoms with Gasteiger partial charge in [0.25, 0.3) is 0 Å². The molecule has 1 aromatic rings. The first kappa shape index (κ1) is 16.3. The van der Waals surface area contributed by atoms with E-state index in [2.05, 4.69) is 42.3 Å². The Balaban J connectivity index is 2.43. The van der Waals surface area contributed by atoms with Gasteiger partial charge in [-0.1, -0.05) is 56.8 Å². The van der Waals surface area contributed by atoms with Crippen LogP contribution in [0.5, 0.6) is 0 Å². The minimum Gasteiger partial charge on any atom is -0.385 e. The summed E-state index contributed by atoms with van der Waals surface area (Å²) in [5.41, 5.74) is 4.77. The van der Waals surface area contributed by atoms with Gasteiger partial charge in [-0.05, 0) is 41.3 Å². The van der Waals surface area contributed by atoms with Crippen molar-refractivity contribution in [3.63, 3.8) is 0 Å². The minimum absolute atomic E-state index is 0.371. The number of benzene rings is 1. The van der Waals surface area contributed by atoms with Gasteiger partial charge >= 0.3 is 0 Å². The second-order valence-electron chi connectivity index (χ2n) is 6.38. The highest BCUT2D eigenvalue weighted by Crippen LogP contribution is 2.28. The van der Waals surface area contributed by atoms with Gasteiger partial charge in [0.15, 0.2) is 0 Å². The molecule has 1 aliphatic heterocycles. The highest BCUT2D eigenvalue weighted by atomic mass is 19.1. The highest BCUT2D eigenvalue weighted by molar-refractivity contribution is 5.77. The van der Waals surface area contributed by atoms with Crippen molar-refractivity contribution in [3.05, 3.63) is 77.5 Å². The lowest BCUT2D eigenvalue weighted by molar-refractivity contribution is 0.351. The van der Waals surface area contributed by atoms with Crippen molar-refractivity contribution >= 4 is 5.57 Å². The number of nitrogens with one attached hydrogen (secondary N) is 1. The Morgan fingerprint density at radius 3 is 2.77 bits per heavy atom. The quantitative estimate of drug-likeness (QED) is 0.833. The molecule has 1 heterocycles. The van der Waals surface area contributed by atoms with E-state index in [1.165, 1.54) is 0 Å². The van der Waals surface area contributed by atoms with Crippen LogP contribution in [-0.2, 0) is 5.41 Å². The molecule has 0 aromatic heterocycles. The van der Waals surface area contributed by atoms with Crippen molar-refractivity contribution in [3.8, 4) is 0 Å². The molecule has 116 valence electrons. The van der Waals surface area contributed by atoms with Crippen LogP contribution in [0.3, 0.4) is 0 Å². The average Bonchev–Trinajstić information content (AvgIpc) is 2.57. The molecule has 1 N–H and O–H groups in total. The Kier molecular flexibility index (Phi) is 5.02. The molecule has 2 rings (SSSR count). The molecule has 1 aromatic carbocycles. The summed E-state index contributed by atoms with van der Waals surface area (Å²) in [4.78, 5) is 0. The fourth-order valence-corrected chi connectivity index (χ4v) is 2.40. The fourth-order valence-electron chi connectivity index (χ4n) is 2.40. The standard InChI is InChI=1S/C20H24FN/c1-15-11-16(2)22-10-6-8-17(12-15)18-7-5-9-19(13-18)20(3,4)14-21/h5-9,11-13,22H,1,10,14H2,2-4H3/b8-6-,16-11-,17-12+. The number of rotatable bonds is 3. The lowest BCUT2D eigenvalue weighted by atomic mass is 9.84. The lowest BCUT2D eigenvalue weighted by Gasteiger charge is -2.22. The van der Waals surface area contributed by atoms with Crippen LogP contribution in [0, 0.1) is 0 Å². The van der Waals surface area contributed by atoms with Gasteiger partial charge in [0.1, 0.15) is 0 Å². The van der Waals surface area contributed by atoms with E-state index in [1.54, 1.807) is 0 Å². The van der Waals surface area contributed by atoms with E-state index in [9.17, 15) is 4.39 Å². The second kappa shape index (κ2) is 6.78. The molecule has 2 heteroatoms. The second-order valence-corrected chi connectivity index (χ2v) is 6.38. The number of halogens is 1. The SMILES string of the molecule is C=C1/C=C(/C)NC/C=C\C(c2cccc(C(C)(C)CF)c2)=C/1. The lowest BCUT2D eigenvalue weighted by Crippen LogP contribution is -2.19. The number of hydrogen-bond acceptors (Lipinski definition) is 1. The molecule has 0 spiro atoms. The smallest absolute Gasteiger partial charge is 0.0985 e. The van der Waals surface area contributed by atoms with Gasteiger partial charge in [0.05, 0.1) is 6.67 Å². The third-order valence-corrected chi connectivity index (χ3v) is 3.85. The molecule has 0 fully saturated rings. The summed E-state index contributed by atoms with van der Waals surface area (Å²) < 4.78 is 13.2. The zero-order valence-electron chi connectivity index (χ0n) is 13.6. The van der Waals surface area contributed by atoms with Gasteiger partial charge in [-0.3, -0.25) is 4.39 Å². The van der Waals surface area contributed by atoms with E-state index in [-0.39, 0.29) is 6.67 Å². The minimum atomic E-state index is -0.464. The first-order valence-electron chi connectivity index (χ1n) is 7.58. The van der Waals surface area contributed by atoms with Crippen LogP contribution in [0.25, 0.3) is 5.57 Å². The van der Waals surface area contributed by atoms with Crippen LogP contribution in [0.4, 0.5) is 4.39 Å². The third-order valence-electron chi connectivity index (χ3n) is 3.85. The Morgan fingerprint density at radius 2 is 2.05 bits per heavy atom. The van der Waals surface area contributed by atoms with E-state index >= 15 is 0 Å². The molecule has 0 atom stereocenters. The molecule has 0 radical (unpaired) electrons. The number of alkyl halides is 1. The van der Waals surface area contributed by atoms with Gasteiger partial charge in [-0.25, -0.2) is 0 Å². The largest absolute Gasteiger partial charge is 0.385 e. The Labute approximate surface area is 132 Å². The molecule has 0 unspecified atom stereocenters. The summed E-state index contributed by atoms with van der Waals surface area (Å²) in [6.07, 6.45) is 8.28.